The van der Waals surface area contributed by atoms with Crippen molar-refractivity contribution in [2.24, 2.45) is 0 Å². The Balaban J connectivity index is 1.89. The van der Waals surface area contributed by atoms with Crippen molar-refractivity contribution in [2.75, 3.05) is 30.9 Å². The molecule has 0 saturated carbocycles. The van der Waals surface area contributed by atoms with Crippen molar-refractivity contribution < 1.29 is 4.74 Å². The number of aromatic nitrogens is 6. The highest BCUT2D eigenvalue weighted by Gasteiger charge is 2.28. The molecule has 0 bridgehead atoms. The molecule has 0 aliphatic carbocycles. The maximum atomic E-state index is 5.54. The van der Waals surface area contributed by atoms with Crippen molar-refractivity contribution in [3.8, 4) is 5.95 Å². The van der Waals surface area contributed by atoms with E-state index < -0.39 is 0 Å². The van der Waals surface area contributed by atoms with Gasteiger partial charge >= 0.3 is 0 Å². The minimum Gasteiger partial charge on any atom is -0.379 e. The van der Waals surface area contributed by atoms with Gasteiger partial charge in [0.15, 0.2) is 0 Å². The monoisotopic (exact) mass is 290 g/mol. The van der Waals surface area contributed by atoms with Gasteiger partial charge in [-0.3, -0.25) is 0 Å². The summed E-state index contributed by atoms with van der Waals surface area (Å²) in [5.41, 5.74) is -0.176. The van der Waals surface area contributed by atoms with Gasteiger partial charge in [-0.1, -0.05) is 0 Å². The summed E-state index contributed by atoms with van der Waals surface area (Å²) in [6.45, 7) is 3.54. The zero-order valence-corrected chi connectivity index (χ0v) is 12.1. The quantitative estimate of drug-likeness (QED) is 0.838. The summed E-state index contributed by atoms with van der Waals surface area (Å²) in [6, 6.07) is 0. The fourth-order valence-electron chi connectivity index (χ4n) is 2.25. The molecule has 9 heteroatoms. The molecule has 21 heavy (non-hydrogen) atoms. The van der Waals surface area contributed by atoms with E-state index in [9.17, 15) is 0 Å². The Labute approximate surface area is 122 Å². The van der Waals surface area contributed by atoms with E-state index in [-0.39, 0.29) is 5.54 Å². The predicted molar refractivity (Wildman–Crippen MR) is 76.4 cm³/mol. The molecule has 112 valence electrons. The lowest BCUT2D eigenvalue weighted by Gasteiger charge is -2.34. The van der Waals surface area contributed by atoms with E-state index in [1.165, 1.54) is 11.0 Å². The summed E-state index contributed by atoms with van der Waals surface area (Å²) in [6.07, 6.45) is 5.01. The number of nitrogens with one attached hydrogen (secondary N) is 2. The predicted octanol–water partition coefficient (Wildman–Crippen LogP) is 0.475. The Morgan fingerprint density at radius 2 is 2.14 bits per heavy atom. The third-order valence-electron chi connectivity index (χ3n) is 3.32. The van der Waals surface area contributed by atoms with E-state index in [1.54, 1.807) is 13.4 Å². The molecule has 1 fully saturated rings. The van der Waals surface area contributed by atoms with Gasteiger partial charge in [0.05, 0.1) is 12.1 Å². The first kappa shape index (κ1) is 13.7. The van der Waals surface area contributed by atoms with Crippen LogP contribution in [0.5, 0.6) is 0 Å². The highest BCUT2D eigenvalue weighted by molar-refractivity contribution is 5.39. The van der Waals surface area contributed by atoms with Gasteiger partial charge in [-0.2, -0.15) is 24.7 Å². The fourth-order valence-corrected chi connectivity index (χ4v) is 2.25. The molecule has 3 rings (SSSR count). The lowest BCUT2D eigenvalue weighted by Crippen LogP contribution is -2.43. The summed E-state index contributed by atoms with van der Waals surface area (Å²) >= 11 is 0. The highest BCUT2D eigenvalue weighted by Crippen LogP contribution is 2.23. The summed E-state index contributed by atoms with van der Waals surface area (Å²) in [5.74, 6) is 1.38. The number of nitrogens with zero attached hydrogens (tertiary/aromatic N) is 6. The molecular weight excluding hydrogens is 272 g/mol. The van der Waals surface area contributed by atoms with Crippen molar-refractivity contribution in [3.63, 3.8) is 0 Å². The van der Waals surface area contributed by atoms with Gasteiger partial charge in [-0.15, -0.1) is 0 Å². The molecule has 2 aromatic rings. The van der Waals surface area contributed by atoms with Crippen LogP contribution in [0.4, 0.5) is 11.9 Å². The average Bonchev–Trinajstić information content (AvgIpc) is 3.01. The molecular formula is C12H18N8O. The number of rotatable bonds is 4. The second-order valence-corrected chi connectivity index (χ2v) is 5.21. The molecule has 2 N–H and O–H groups in total. The zero-order chi connectivity index (χ0) is 14.7. The van der Waals surface area contributed by atoms with Gasteiger partial charge in [0.25, 0.3) is 5.95 Å². The van der Waals surface area contributed by atoms with Crippen molar-refractivity contribution in [1.82, 2.24) is 29.7 Å². The van der Waals surface area contributed by atoms with Crippen LogP contribution < -0.4 is 10.6 Å². The van der Waals surface area contributed by atoms with Crippen LogP contribution in [0.25, 0.3) is 5.95 Å². The van der Waals surface area contributed by atoms with E-state index in [4.69, 9.17) is 4.74 Å². The number of anilines is 2. The zero-order valence-electron chi connectivity index (χ0n) is 12.1. The Kier molecular flexibility index (Phi) is 3.65. The van der Waals surface area contributed by atoms with Crippen LogP contribution in [-0.2, 0) is 4.74 Å². The van der Waals surface area contributed by atoms with Crippen molar-refractivity contribution in [2.45, 2.75) is 25.3 Å². The summed E-state index contributed by atoms with van der Waals surface area (Å²) in [4.78, 5) is 16.9. The Morgan fingerprint density at radius 3 is 2.81 bits per heavy atom. The second kappa shape index (κ2) is 5.60. The van der Waals surface area contributed by atoms with Crippen molar-refractivity contribution >= 4 is 11.9 Å². The first-order chi connectivity index (χ1) is 10.2. The molecule has 1 atom stereocenters. The third-order valence-corrected chi connectivity index (χ3v) is 3.32. The van der Waals surface area contributed by atoms with Gasteiger partial charge in [0.2, 0.25) is 11.9 Å². The lowest BCUT2D eigenvalue weighted by atomic mass is 9.95. The summed E-state index contributed by atoms with van der Waals surface area (Å²) in [7, 11) is 1.76. The van der Waals surface area contributed by atoms with E-state index in [2.05, 4.69) is 42.6 Å². The highest BCUT2D eigenvalue weighted by atomic mass is 16.5. The van der Waals surface area contributed by atoms with Gasteiger partial charge in [-0.05, 0) is 19.8 Å². The maximum Gasteiger partial charge on any atom is 0.258 e. The van der Waals surface area contributed by atoms with Gasteiger partial charge < -0.3 is 15.4 Å². The smallest absolute Gasteiger partial charge is 0.258 e. The Morgan fingerprint density at radius 1 is 1.29 bits per heavy atom. The number of ether oxygens (including phenoxy) is 1. The minimum absolute atomic E-state index is 0.176. The van der Waals surface area contributed by atoms with Crippen molar-refractivity contribution in [1.29, 1.82) is 0 Å². The van der Waals surface area contributed by atoms with Crippen LogP contribution in [0.2, 0.25) is 0 Å². The molecule has 0 aromatic carbocycles. The van der Waals surface area contributed by atoms with E-state index in [1.807, 2.05) is 0 Å². The Hall–Kier alpha value is -2.29. The van der Waals surface area contributed by atoms with Crippen LogP contribution in [0.15, 0.2) is 12.7 Å². The van der Waals surface area contributed by atoms with Gasteiger partial charge in [0, 0.05) is 13.7 Å². The van der Waals surface area contributed by atoms with Crippen LogP contribution >= 0.6 is 0 Å². The van der Waals surface area contributed by atoms with E-state index >= 15 is 0 Å². The molecule has 1 aliphatic heterocycles. The van der Waals surface area contributed by atoms with Crippen molar-refractivity contribution in [3.05, 3.63) is 12.7 Å². The van der Waals surface area contributed by atoms with Crippen LogP contribution in [0.3, 0.4) is 0 Å². The molecule has 0 amide bonds. The number of hydrogen-bond donors (Lipinski definition) is 2. The summed E-state index contributed by atoms with van der Waals surface area (Å²) in [5, 5.41) is 10.3. The number of hydrogen-bond acceptors (Lipinski definition) is 8. The molecule has 0 radical (unpaired) electrons. The normalized spacial score (nSPS) is 22.0. The average molecular weight is 290 g/mol. The van der Waals surface area contributed by atoms with E-state index in [0.29, 0.717) is 24.5 Å². The Bertz CT molecular complexity index is 593. The molecule has 0 spiro atoms. The molecule has 1 aliphatic rings. The third kappa shape index (κ3) is 3.07. The SMILES string of the molecule is CNc1nc(NC2(C)CCCOC2)nc(-n2cncn2)n1. The largest absolute Gasteiger partial charge is 0.379 e. The molecule has 2 aromatic heterocycles. The van der Waals surface area contributed by atoms with Crippen LogP contribution in [0, 0.1) is 0 Å². The molecule has 3 heterocycles. The first-order valence-electron chi connectivity index (χ1n) is 6.83. The van der Waals surface area contributed by atoms with Crippen LogP contribution in [0.1, 0.15) is 19.8 Å². The second-order valence-electron chi connectivity index (χ2n) is 5.21. The van der Waals surface area contributed by atoms with Gasteiger partial charge in [-0.25, -0.2) is 4.98 Å². The fraction of sp³-hybridized carbons (Fsp3) is 0.583. The first-order valence-corrected chi connectivity index (χ1v) is 6.83. The van der Waals surface area contributed by atoms with E-state index in [0.717, 1.165) is 19.4 Å². The van der Waals surface area contributed by atoms with Gasteiger partial charge in [0.1, 0.15) is 12.7 Å². The minimum atomic E-state index is -0.176. The lowest BCUT2D eigenvalue weighted by molar-refractivity contribution is 0.0537. The van der Waals surface area contributed by atoms with Crippen LogP contribution in [-0.4, -0.2) is 55.5 Å². The maximum absolute atomic E-state index is 5.54. The topological polar surface area (TPSA) is 103 Å². The standard InChI is InChI=1S/C12H18N8O/c1-12(4-3-5-21-6-12)19-10-16-9(13-2)17-11(18-10)20-8-14-7-15-20/h7-8H,3-6H2,1-2H3,(H2,13,16,17,18,19). The molecule has 1 unspecified atom stereocenters. The molecule has 9 nitrogen and oxygen atoms in total. The molecule has 1 saturated heterocycles. The summed E-state index contributed by atoms with van der Waals surface area (Å²) < 4.78 is 7.03.